The normalized spacial score (nSPS) is 19.4. The van der Waals surface area contributed by atoms with Crippen molar-refractivity contribution in [3.63, 3.8) is 0 Å². The van der Waals surface area contributed by atoms with Crippen LogP contribution in [-0.4, -0.2) is 29.3 Å². The Hall–Kier alpha value is -0.870. The van der Waals surface area contributed by atoms with Crippen molar-refractivity contribution in [1.82, 2.24) is 14.9 Å². The van der Waals surface area contributed by atoms with Crippen molar-refractivity contribution < 1.29 is 4.74 Å². The number of rotatable bonds is 5. The van der Waals surface area contributed by atoms with Crippen LogP contribution in [0.25, 0.3) is 0 Å². The van der Waals surface area contributed by atoms with Crippen LogP contribution in [0, 0.1) is 5.92 Å². The standard InChI is InChI=1S/C13H23N3O/c1-3-14-12(13-9-16(2)10-15-13)8-11-4-6-17-7-5-11/h9-12,14H,3-8H2,1-2H3. The highest BCUT2D eigenvalue weighted by molar-refractivity contribution is 5.04. The molecule has 0 bridgehead atoms. The molecule has 0 aliphatic carbocycles. The number of nitrogens with zero attached hydrogens (tertiary/aromatic N) is 2. The second-order valence-corrected chi connectivity index (χ2v) is 4.87. The van der Waals surface area contributed by atoms with Crippen LogP contribution in [-0.2, 0) is 11.8 Å². The minimum absolute atomic E-state index is 0.393. The van der Waals surface area contributed by atoms with Crippen molar-refractivity contribution in [2.75, 3.05) is 19.8 Å². The number of hydrogen-bond donors (Lipinski definition) is 1. The second-order valence-electron chi connectivity index (χ2n) is 4.87. The van der Waals surface area contributed by atoms with Crippen LogP contribution in [0.4, 0.5) is 0 Å². The van der Waals surface area contributed by atoms with Gasteiger partial charge in [0, 0.05) is 26.5 Å². The lowest BCUT2D eigenvalue weighted by atomic mass is 9.91. The number of aryl methyl sites for hydroxylation is 1. The summed E-state index contributed by atoms with van der Waals surface area (Å²) in [7, 11) is 2.02. The lowest BCUT2D eigenvalue weighted by molar-refractivity contribution is 0.0604. The summed E-state index contributed by atoms with van der Waals surface area (Å²) in [6.07, 6.45) is 7.55. The molecule has 2 rings (SSSR count). The van der Waals surface area contributed by atoms with E-state index in [1.807, 2.05) is 17.9 Å². The second kappa shape index (κ2) is 6.17. The highest BCUT2D eigenvalue weighted by Gasteiger charge is 2.21. The molecule has 1 fully saturated rings. The molecule has 0 spiro atoms. The third-order valence-corrected chi connectivity index (χ3v) is 3.44. The average molecular weight is 237 g/mol. The fourth-order valence-electron chi connectivity index (χ4n) is 2.48. The molecular weight excluding hydrogens is 214 g/mol. The molecule has 0 aromatic carbocycles. The van der Waals surface area contributed by atoms with Gasteiger partial charge in [0.1, 0.15) is 0 Å². The van der Waals surface area contributed by atoms with Crippen molar-refractivity contribution in [2.45, 2.75) is 32.2 Å². The third kappa shape index (κ3) is 3.54. The molecule has 1 aromatic rings. The number of imidazole rings is 1. The van der Waals surface area contributed by atoms with E-state index in [0.717, 1.165) is 25.7 Å². The Morgan fingerprint density at radius 3 is 2.88 bits per heavy atom. The molecule has 1 aliphatic rings. The van der Waals surface area contributed by atoms with Gasteiger partial charge < -0.3 is 14.6 Å². The molecule has 17 heavy (non-hydrogen) atoms. The van der Waals surface area contributed by atoms with Crippen LogP contribution >= 0.6 is 0 Å². The molecule has 1 atom stereocenters. The first kappa shape index (κ1) is 12.6. The highest BCUT2D eigenvalue weighted by Crippen LogP contribution is 2.26. The first-order valence-electron chi connectivity index (χ1n) is 6.58. The fourth-order valence-corrected chi connectivity index (χ4v) is 2.48. The summed E-state index contributed by atoms with van der Waals surface area (Å²) in [5.41, 5.74) is 1.17. The Labute approximate surface area is 103 Å². The van der Waals surface area contributed by atoms with Gasteiger partial charge in [-0.25, -0.2) is 4.98 Å². The van der Waals surface area contributed by atoms with E-state index in [2.05, 4.69) is 23.4 Å². The minimum Gasteiger partial charge on any atom is -0.381 e. The van der Waals surface area contributed by atoms with Gasteiger partial charge >= 0.3 is 0 Å². The monoisotopic (exact) mass is 237 g/mol. The van der Waals surface area contributed by atoms with Crippen molar-refractivity contribution in [1.29, 1.82) is 0 Å². The number of nitrogens with one attached hydrogen (secondary N) is 1. The maximum atomic E-state index is 5.41. The third-order valence-electron chi connectivity index (χ3n) is 3.44. The largest absolute Gasteiger partial charge is 0.381 e. The minimum atomic E-state index is 0.393. The Morgan fingerprint density at radius 2 is 2.29 bits per heavy atom. The predicted molar refractivity (Wildman–Crippen MR) is 67.8 cm³/mol. The summed E-state index contributed by atoms with van der Waals surface area (Å²) in [6.45, 7) is 4.99. The van der Waals surface area contributed by atoms with E-state index in [1.54, 1.807) is 0 Å². The zero-order valence-electron chi connectivity index (χ0n) is 10.9. The molecule has 0 saturated carbocycles. The van der Waals surface area contributed by atoms with Crippen molar-refractivity contribution >= 4 is 0 Å². The quantitative estimate of drug-likeness (QED) is 0.850. The average Bonchev–Trinajstić information content (AvgIpc) is 2.77. The van der Waals surface area contributed by atoms with Gasteiger partial charge in [-0.2, -0.15) is 0 Å². The maximum Gasteiger partial charge on any atom is 0.0947 e. The molecular formula is C13H23N3O. The molecule has 96 valence electrons. The van der Waals surface area contributed by atoms with Crippen LogP contribution in [0.1, 0.15) is 37.9 Å². The zero-order chi connectivity index (χ0) is 12.1. The van der Waals surface area contributed by atoms with Crippen LogP contribution in [0.3, 0.4) is 0 Å². The molecule has 1 aliphatic heterocycles. The SMILES string of the molecule is CCNC(CC1CCOCC1)c1cn(C)cn1. The van der Waals surface area contributed by atoms with Crippen LogP contribution in [0.15, 0.2) is 12.5 Å². The Bertz CT molecular complexity index is 331. The Morgan fingerprint density at radius 1 is 1.53 bits per heavy atom. The van der Waals surface area contributed by atoms with Gasteiger partial charge in [0.05, 0.1) is 18.1 Å². The smallest absolute Gasteiger partial charge is 0.0947 e. The molecule has 1 N–H and O–H groups in total. The van der Waals surface area contributed by atoms with Crippen molar-refractivity contribution in [3.8, 4) is 0 Å². The van der Waals surface area contributed by atoms with Gasteiger partial charge in [-0.3, -0.25) is 0 Å². The summed E-state index contributed by atoms with van der Waals surface area (Å²) in [5, 5.41) is 3.54. The molecule has 4 nitrogen and oxygen atoms in total. The van der Waals surface area contributed by atoms with Crippen LogP contribution in [0.5, 0.6) is 0 Å². The Kier molecular flexibility index (Phi) is 4.57. The van der Waals surface area contributed by atoms with Gasteiger partial charge in [0.15, 0.2) is 0 Å². The van der Waals surface area contributed by atoms with E-state index in [-0.39, 0.29) is 0 Å². The topological polar surface area (TPSA) is 39.1 Å². The van der Waals surface area contributed by atoms with Gasteiger partial charge in [0.25, 0.3) is 0 Å². The van der Waals surface area contributed by atoms with E-state index in [9.17, 15) is 0 Å². The lowest BCUT2D eigenvalue weighted by Crippen LogP contribution is -2.26. The maximum absolute atomic E-state index is 5.41. The number of aromatic nitrogens is 2. The summed E-state index contributed by atoms with van der Waals surface area (Å²) < 4.78 is 7.43. The zero-order valence-corrected chi connectivity index (χ0v) is 10.9. The highest BCUT2D eigenvalue weighted by atomic mass is 16.5. The molecule has 1 unspecified atom stereocenters. The molecule has 0 radical (unpaired) electrons. The Balaban J connectivity index is 1.96. The van der Waals surface area contributed by atoms with E-state index in [0.29, 0.717) is 6.04 Å². The van der Waals surface area contributed by atoms with E-state index in [4.69, 9.17) is 4.74 Å². The summed E-state index contributed by atoms with van der Waals surface area (Å²) in [6, 6.07) is 0.393. The van der Waals surface area contributed by atoms with Crippen molar-refractivity contribution in [2.24, 2.45) is 13.0 Å². The first-order valence-corrected chi connectivity index (χ1v) is 6.58. The van der Waals surface area contributed by atoms with Crippen LogP contribution < -0.4 is 5.32 Å². The molecule has 1 aromatic heterocycles. The van der Waals surface area contributed by atoms with E-state index in [1.165, 1.54) is 25.0 Å². The van der Waals surface area contributed by atoms with Crippen molar-refractivity contribution in [3.05, 3.63) is 18.2 Å². The molecule has 4 heteroatoms. The number of ether oxygens (including phenoxy) is 1. The van der Waals surface area contributed by atoms with Gasteiger partial charge in [-0.05, 0) is 31.7 Å². The van der Waals surface area contributed by atoms with Crippen LogP contribution in [0.2, 0.25) is 0 Å². The molecule has 2 heterocycles. The number of hydrogen-bond acceptors (Lipinski definition) is 3. The lowest BCUT2D eigenvalue weighted by Gasteiger charge is -2.26. The first-order chi connectivity index (χ1) is 8.29. The van der Waals surface area contributed by atoms with Gasteiger partial charge in [-0.1, -0.05) is 6.92 Å². The molecule has 1 saturated heterocycles. The fraction of sp³-hybridized carbons (Fsp3) is 0.769. The molecule has 0 amide bonds. The summed E-state index contributed by atoms with van der Waals surface area (Å²) >= 11 is 0. The van der Waals surface area contributed by atoms with E-state index < -0.39 is 0 Å². The summed E-state index contributed by atoms with van der Waals surface area (Å²) in [4.78, 5) is 4.47. The summed E-state index contributed by atoms with van der Waals surface area (Å²) in [5.74, 6) is 0.773. The predicted octanol–water partition coefficient (Wildman–Crippen LogP) is 1.89. The van der Waals surface area contributed by atoms with Gasteiger partial charge in [-0.15, -0.1) is 0 Å². The van der Waals surface area contributed by atoms with Gasteiger partial charge in [0.2, 0.25) is 0 Å². The van der Waals surface area contributed by atoms with E-state index >= 15 is 0 Å².